The van der Waals surface area contributed by atoms with Crippen molar-refractivity contribution in [2.24, 2.45) is 0 Å². The van der Waals surface area contributed by atoms with E-state index in [-0.39, 0.29) is 6.10 Å². The lowest BCUT2D eigenvalue weighted by molar-refractivity contribution is 0.0761. The molecule has 1 aliphatic rings. The van der Waals surface area contributed by atoms with Gasteiger partial charge in [-0.25, -0.2) is 4.98 Å². The van der Waals surface area contributed by atoms with Crippen molar-refractivity contribution in [3.63, 3.8) is 0 Å². The molecule has 2 heterocycles. The normalized spacial score (nSPS) is 20.2. The lowest BCUT2D eigenvalue weighted by Gasteiger charge is -2.30. The molecule has 16 heavy (non-hydrogen) atoms. The van der Waals surface area contributed by atoms with Crippen molar-refractivity contribution in [3.8, 4) is 6.07 Å². The van der Waals surface area contributed by atoms with E-state index in [1.807, 2.05) is 11.0 Å². The fourth-order valence-electron chi connectivity index (χ4n) is 1.58. The van der Waals surface area contributed by atoms with E-state index in [4.69, 9.17) is 10.00 Å². The van der Waals surface area contributed by atoms with Crippen molar-refractivity contribution in [1.82, 2.24) is 9.97 Å². The Hall–Kier alpha value is -1.87. The van der Waals surface area contributed by atoms with E-state index in [9.17, 15) is 0 Å². The highest BCUT2D eigenvalue weighted by atomic mass is 16.5. The number of nitrogens with zero attached hydrogens (tertiary/aromatic N) is 4. The first-order valence-corrected chi connectivity index (χ1v) is 5.10. The summed E-state index contributed by atoms with van der Waals surface area (Å²) in [5.74, 6) is 1.40. The molecule has 0 saturated carbocycles. The second kappa shape index (κ2) is 4.77. The third-order valence-electron chi connectivity index (χ3n) is 2.40. The molecule has 84 valence electrons. The van der Waals surface area contributed by atoms with Crippen LogP contribution in [-0.4, -0.2) is 42.8 Å². The van der Waals surface area contributed by atoms with E-state index in [0.29, 0.717) is 19.1 Å². The Labute approximate surface area is 93.9 Å². The molecule has 6 heteroatoms. The molecule has 0 spiro atoms. The van der Waals surface area contributed by atoms with Gasteiger partial charge in [0.05, 0.1) is 19.2 Å². The Morgan fingerprint density at radius 1 is 1.69 bits per heavy atom. The number of nitriles is 1. The van der Waals surface area contributed by atoms with Crippen molar-refractivity contribution in [1.29, 1.82) is 5.26 Å². The first-order valence-electron chi connectivity index (χ1n) is 5.10. The van der Waals surface area contributed by atoms with Gasteiger partial charge in [-0.15, -0.1) is 0 Å². The van der Waals surface area contributed by atoms with Crippen LogP contribution in [-0.2, 0) is 4.74 Å². The average Bonchev–Trinajstić information content (AvgIpc) is 2.39. The molecule has 1 unspecified atom stereocenters. The smallest absolute Gasteiger partial charge is 0.224 e. The zero-order valence-corrected chi connectivity index (χ0v) is 9.05. The number of anilines is 2. The average molecular weight is 219 g/mol. The molecule has 1 fully saturated rings. The van der Waals surface area contributed by atoms with Crippen LogP contribution in [0, 0.1) is 11.3 Å². The van der Waals surface area contributed by atoms with E-state index in [2.05, 4.69) is 21.4 Å². The van der Waals surface area contributed by atoms with Gasteiger partial charge in [-0.3, -0.25) is 0 Å². The second-order valence-corrected chi connectivity index (χ2v) is 3.42. The Kier molecular flexibility index (Phi) is 3.17. The van der Waals surface area contributed by atoms with Crippen LogP contribution in [0.5, 0.6) is 0 Å². The van der Waals surface area contributed by atoms with Gasteiger partial charge in [-0.05, 0) is 6.07 Å². The standard InChI is InChI=1S/C10H13N5O/c1-12-10-13-3-2-9(14-10)15-4-5-16-8(6-11)7-15/h2-3,8H,4-5,7H2,1H3,(H,12,13,14). The molecule has 2 rings (SSSR count). The van der Waals surface area contributed by atoms with Crippen molar-refractivity contribution in [2.45, 2.75) is 6.10 Å². The molecule has 1 aromatic rings. The number of hydrogen-bond acceptors (Lipinski definition) is 6. The first kappa shape index (κ1) is 10.6. The Morgan fingerprint density at radius 2 is 2.56 bits per heavy atom. The van der Waals surface area contributed by atoms with Gasteiger partial charge in [0.25, 0.3) is 0 Å². The first-order chi connectivity index (χ1) is 7.83. The van der Waals surface area contributed by atoms with Gasteiger partial charge in [0.2, 0.25) is 5.95 Å². The van der Waals surface area contributed by atoms with Gasteiger partial charge < -0.3 is 15.0 Å². The van der Waals surface area contributed by atoms with E-state index < -0.39 is 0 Å². The van der Waals surface area contributed by atoms with E-state index in [0.717, 1.165) is 12.4 Å². The summed E-state index contributed by atoms with van der Waals surface area (Å²) in [6.45, 7) is 1.85. The summed E-state index contributed by atoms with van der Waals surface area (Å²) < 4.78 is 5.27. The Balaban J connectivity index is 2.14. The van der Waals surface area contributed by atoms with Gasteiger partial charge in [0, 0.05) is 19.8 Å². The van der Waals surface area contributed by atoms with E-state index >= 15 is 0 Å². The van der Waals surface area contributed by atoms with Crippen molar-refractivity contribution in [3.05, 3.63) is 12.3 Å². The van der Waals surface area contributed by atoms with Gasteiger partial charge in [0.1, 0.15) is 5.82 Å². The molecule has 1 aliphatic heterocycles. The number of morpholine rings is 1. The van der Waals surface area contributed by atoms with Crippen molar-refractivity contribution >= 4 is 11.8 Å². The topological polar surface area (TPSA) is 74.1 Å². The number of aromatic nitrogens is 2. The number of hydrogen-bond donors (Lipinski definition) is 1. The van der Waals surface area contributed by atoms with Crippen LogP contribution in [0.25, 0.3) is 0 Å². The third kappa shape index (κ3) is 2.20. The summed E-state index contributed by atoms with van der Waals surface area (Å²) in [5, 5.41) is 11.7. The molecule has 1 saturated heterocycles. The summed E-state index contributed by atoms with van der Waals surface area (Å²) >= 11 is 0. The quantitative estimate of drug-likeness (QED) is 0.768. The van der Waals surface area contributed by atoms with Crippen molar-refractivity contribution in [2.75, 3.05) is 37.0 Å². The highest BCUT2D eigenvalue weighted by Crippen LogP contribution is 2.15. The second-order valence-electron chi connectivity index (χ2n) is 3.42. The lowest BCUT2D eigenvalue weighted by Crippen LogP contribution is -2.42. The highest BCUT2D eigenvalue weighted by Gasteiger charge is 2.21. The van der Waals surface area contributed by atoms with Gasteiger partial charge in [-0.2, -0.15) is 10.2 Å². The molecule has 1 aromatic heterocycles. The number of ether oxygens (including phenoxy) is 1. The third-order valence-corrected chi connectivity index (χ3v) is 2.40. The summed E-state index contributed by atoms with van der Waals surface area (Å²) in [7, 11) is 1.77. The number of nitrogens with one attached hydrogen (secondary N) is 1. The maximum atomic E-state index is 8.81. The Morgan fingerprint density at radius 3 is 3.31 bits per heavy atom. The maximum Gasteiger partial charge on any atom is 0.224 e. The van der Waals surface area contributed by atoms with Crippen LogP contribution in [0.4, 0.5) is 11.8 Å². The zero-order valence-electron chi connectivity index (χ0n) is 9.05. The predicted molar refractivity (Wildman–Crippen MR) is 59.1 cm³/mol. The minimum atomic E-state index is -0.373. The fourth-order valence-corrected chi connectivity index (χ4v) is 1.58. The van der Waals surface area contributed by atoms with Crippen LogP contribution < -0.4 is 10.2 Å². The fraction of sp³-hybridized carbons (Fsp3) is 0.500. The predicted octanol–water partition coefficient (Wildman–Crippen LogP) is 0.247. The molecule has 1 atom stereocenters. The van der Waals surface area contributed by atoms with Crippen LogP contribution in [0.2, 0.25) is 0 Å². The summed E-state index contributed by atoms with van der Waals surface area (Å²) in [4.78, 5) is 10.4. The van der Waals surface area contributed by atoms with E-state index in [1.54, 1.807) is 13.2 Å². The maximum absolute atomic E-state index is 8.81. The molecule has 0 amide bonds. The molecular weight excluding hydrogens is 206 g/mol. The monoisotopic (exact) mass is 219 g/mol. The molecular formula is C10H13N5O. The van der Waals surface area contributed by atoms with Crippen LogP contribution in [0.3, 0.4) is 0 Å². The zero-order chi connectivity index (χ0) is 11.4. The summed E-state index contributed by atoms with van der Waals surface area (Å²) in [6.07, 6.45) is 1.33. The van der Waals surface area contributed by atoms with Gasteiger partial charge >= 0.3 is 0 Å². The molecule has 1 N–H and O–H groups in total. The van der Waals surface area contributed by atoms with Crippen LogP contribution >= 0.6 is 0 Å². The molecule has 0 bridgehead atoms. The number of rotatable bonds is 2. The Bertz CT molecular complexity index is 402. The van der Waals surface area contributed by atoms with E-state index in [1.165, 1.54) is 0 Å². The molecule has 0 aromatic carbocycles. The minimum absolute atomic E-state index is 0.373. The lowest BCUT2D eigenvalue weighted by atomic mass is 10.3. The molecule has 0 radical (unpaired) electrons. The largest absolute Gasteiger partial charge is 0.360 e. The SMILES string of the molecule is CNc1nccc(N2CCOC(C#N)C2)n1. The van der Waals surface area contributed by atoms with Gasteiger partial charge in [-0.1, -0.05) is 0 Å². The van der Waals surface area contributed by atoms with Crippen molar-refractivity contribution < 1.29 is 4.74 Å². The summed E-state index contributed by atoms with van der Waals surface area (Å²) in [5.41, 5.74) is 0. The summed E-state index contributed by atoms with van der Waals surface area (Å²) in [6, 6.07) is 3.94. The highest BCUT2D eigenvalue weighted by molar-refractivity contribution is 5.43. The molecule has 6 nitrogen and oxygen atoms in total. The molecule has 0 aliphatic carbocycles. The van der Waals surface area contributed by atoms with Crippen LogP contribution in [0.1, 0.15) is 0 Å². The van der Waals surface area contributed by atoms with Crippen LogP contribution in [0.15, 0.2) is 12.3 Å². The minimum Gasteiger partial charge on any atom is -0.360 e. The van der Waals surface area contributed by atoms with Gasteiger partial charge in [0.15, 0.2) is 6.10 Å².